The Labute approximate surface area is 107 Å². The lowest BCUT2D eigenvalue weighted by Crippen LogP contribution is -2.33. The molecule has 0 aliphatic rings. The number of hydrogen-bond donors (Lipinski definition) is 2. The van der Waals surface area contributed by atoms with Gasteiger partial charge in [0, 0.05) is 6.07 Å². The van der Waals surface area contributed by atoms with Crippen LogP contribution in [0.2, 0.25) is 0 Å². The normalized spacial score (nSPS) is 12.5. The van der Waals surface area contributed by atoms with Gasteiger partial charge in [-0.2, -0.15) is 13.2 Å². The Kier molecular flexibility index (Phi) is 4.08. The summed E-state index contributed by atoms with van der Waals surface area (Å²) in [6, 6.07) is 0.727. The van der Waals surface area contributed by atoms with E-state index in [1.165, 1.54) is 5.32 Å². The molecule has 0 aliphatic carbocycles. The van der Waals surface area contributed by atoms with E-state index in [4.69, 9.17) is 5.14 Å². The van der Waals surface area contributed by atoms with Gasteiger partial charge >= 0.3 is 6.18 Å². The van der Waals surface area contributed by atoms with Crippen LogP contribution in [-0.2, 0) is 10.0 Å². The van der Waals surface area contributed by atoms with Gasteiger partial charge in [-0.15, -0.1) is 0 Å². The van der Waals surface area contributed by atoms with Gasteiger partial charge in [0.05, 0.1) is 0 Å². The third-order valence-electron chi connectivity index (χ3n) is 1.64. The predicted molar refractivity (Wildman–Crippen MR) is 56.2 cm³/mol. The number of alkyl halides is 3. The zero-order valence-electron chi connectivity index (χ0n) is 8.41. The minimum absolute atomic E-state index is 0.359. The van der Waals surface area contributed by atoms with Gasteiger partial charge in [0.25, 0.3) is 5.91 Å². The first-order valence-corrected chi connectivity index (χ1v) is 6.52. The number of amides is 1. The summed E-state index contributed by atoms with van der Waals surface area (Å²) in [5, 5.41) is 6.30. The Bertz CT molecular complexity index is 566. The maximum absolute atomic E-state index is 11.8. The fourth-order valence-corrected chi connectivity index (χ4v) is 2.43. The molecule has 1 aromatic rings. The van der Waals surface area contributed by atoms with Crippen LogP contribution in [0.15, 0.2) is 20.0 Å². The third-order valence-corrected chi connectivity index (χ3v) is 3.40. The molecule has 0 saturated carbocycles. The van der Waals surface area contributed by atoms with Gasteiger partial charge in [0.1, 0.15) is 11.4 Å². The lowest BCUT2D eigenvalue weighted by molar-refractivity contribution is -0.123. The minimum atomic E-state index is -4.58. The summed E-state index contributed by atoms with van der Waals surface area (Å²) >= 11 is 2.68. The van der Waals surface area contributed by atoms with E-state index in [2.05, 4.69) is 20.3 Å². The van der Waals surface area contributed by atoms with Crippen molar-refractivity contribution in [2.45, 2.75) is 11.1 Å². The highest BCUT2D eigenvalue weighted by atomic mass is 79.9. The van der Waals surface area contributed by atoms with Crippen molar-refractivity contribution in [3.8, 4) is 0 Å². The highest BCUT2D eigenvalue weighted by Crippen LogP contribution is 2.25. The maximum atomic E-state index is 11.8. The van der Waals surface area contributed by atoms with E-state index >= 15 is 0 Å². The minimum Gasteiger partial charge on any atom is -0.443 e. The largest absolute Gasteiger partial charge is 0.443 e. The number of rotatable bonds is 3. The number of carbonyl (C=O) groups excluding carboxylic acids is 1. The summed E-state index contributed by atoms with van der Waals surface area (Å²) in [7, 11) is -4.13. The molecule has 1 rings (SSSR count). The molecule has 0 bridgehead atoms. The Morgan fingerprint density at radius 2 is 2.06 bits per heavy atom. The Balaban J connectivity index is 2.90. The summed E-state index contributed by atoms with van der Waals surface area (Å²) in [6.45, 7) is -1.56. The Morgan fingerprint density at radius 1 is 1.50 bits per heavy atom. The van der Waals surface area contributed by atoms with Crippen molar-refractivity contribution in [3.63, 3.8) is 0 Å². The van der Waals surface area contributed by atoms with Crippen molar-refractivity contribution in [1.29, 1.82) is 0 Å². The van der Waals surface area contributed by atoms with Crippen molar-refractivity contribution in [2.24, 2.45) is 5.14 Å². The molecule has 0 unspecified atom stereocenters. The summed E-state index contributed by atoms with van der Waals surface area (Å²) in [4.78, 5) is 10.7. The van der Waals surface area contributed by atoms with Crippen LogP contribution in [0.3, 0.4) is 0 Å². The molecule has 3 N–H and O–H groups in total. The zero-order valence-corrected chi connectivity index (χ0v) is 10.8. The Hall–Kier alpha value is -1.07. The fraction of sp³-hybridized carbons (Fsp3) is 0.286. The van der Waals surface area contributed by atoms with E-state index in [0.717, 1.165) is 6.07 Å². The van der Waals surface area contributed by atoms with Crippen molar-refractivity contribution in [3.05, 3.63) is 16.5 Å². The van der Waals surface area contributed by atoms with Crippen LogP contribution >= 0.6 is 15.9 Å². The molecule has 0 fully saturated rings. The number of hydrogen-bond acceptors (Lipinski definition) is 4. The monoisotopic (exact) mass is 350 g/mol. The highest BCUT2D eigenvalue weighted by Gasteiger charge is 2.29. The van der Waals surface area contributed by atoms with Crippen molar-refractivity contribution >= 4 is 31.9 Å². The lowest BCUT2D eigenvalue weighted by Gasteiger charge is -2.06. The molecule has 1 heterocycles. The average Bonchev–Trinajstić information content (AvgIpc) is 2.55. The van der Waals surface area contributed by atoms with Crippen LogP contribution in [-0.4, -0.2) is 27.0 Å². The molecule has 1 amide bonds. The van der Waals surface area contributed by atoms with Crippen LogP contribution < -0.4 is 10.5 Å². The second-order valence-electron chi connectivity index (χ2n) is 3.09. The first-order chi connectivity index (χ1) is 8.00. The van der Waals surface area contributed by atoms with Crippen LogP contribution in [0.4, 0.5) is 13.2 Å². The van der Waals surface area contributed by atoms with E-state index in [-0.39, 0.29) is 4.67 Å². The SMILES string of the molecule is NS(=O)(=O)c1cc(C(=O)NCC(F)(F)F)oc1Br. The molecule has 0 aliphatic heterocycles. The molecule has 0 aromatic carbocycles. The molecule has 11 heteroatoms. The van der Waals surface area contributed by atoms with Gasteiger partial charge in [-0.25, -0.2) is 13.6 Å². The quantitative estimate of drug-likeness (QED) is 0.848. The van der Waals surface area contributed by atoms with Gasteiger partial charge in [-0.05, 0) is 15.9 Å². The van der Waals surface area contributed by atoms with Gasteiger partial charge in [0.15, 0.2) is 10.4 Å². The molecular weight excluding hydrogens is 345 g/mol. The molecule has 102 valence electrons. The molecule has 18 heavy (non-hydrogen) atoms. The van der Waals surface area contributed by atoms with Gasteiger partial charge in [0.2, 0.25) is 10.0 Å². The van der Waals surface area contributed by atoms with E-state index in [0.29, 0.717) is 0 Å². The second-order valence-corrected chi connectivity index (χ2v) is 5.34. The number of primary sulfonamides is 1. The van der Waals surface area contributed by atoms with Gasteiger partial charge in [-0.3, -0.25) is 4.79 Å². The number of sulfonamides is 1. The first kappa shape index (κ1) is 15.0. The maximum Gasteiger partial charge on any atom is 0.405 e. The molecule has 0 radical (unpaired) electrons. The van der Waals surface area contributed by atoms with E-state index in [1.807, 2.05) is 0 Å². The fourth-order valence-electron chi connectivity index (χ4n) is 0.926. The van der Waals surface area contributed by atoms with Gasteiger partial charge < -0.3 is 9.73 Å². The van der Waals surface area contributed by atoms with E-state index < -0.39 is 39.3 Å². The number of furan rings is 1. The number of nitrogens with two attached hydrogens (primary N) is 1. The Morgan fingerprint density at radius 3 is 2.44 bits per heavy atom. The number of nitrogens with one attached hydrogen (secondary N) is 1. The summed E-state index contributed by atoms with van der Waals surface area (Å²) in [5.41, 5.74) is 0. The highest BCUT2D eigenvalue weighted by molar-refractivity contribution is 9.10. The third kappa shape index (κ3) is 3.99. The zero-order chi connectivity index (χ0) is 14.1. The molecule has 0 saturated heterocycles. The van der Waals surface area contributed by atoms with Crippen LogP contribution in [0, 0.1) is 0 Å². The standard InChI is InChI=1S/C7H6BrF3N2O4S/c8-5-4(18(12,15)16)1-3(17-5)6(14)13-2-7(9,10)11/h1H,2H2,(H,13,14)(H2,12,15,16). The molecule has 0 spiro atoms. The number of halogens is 4. The van der Waals surface area contributed by atoms with Crippen molar-refractivity contribution in [1.82, 2.24) is 5.32 Å². The first-order valence-electron chi connectivity index (χ1n) is 4.18. The van der Waals surface area contributed by atoms with E-state index in [9.17, 15) is 26.4 Å². The summed E-state index contributed by atoms with van der Waals surface area (Å²) < 4.78 is 61.8. The summed E-state index contributed by atoms with van der Waals surface area (Å²) in [6.07, 6.45) is -4.58. The summed E-state index contributed by atoms with van der Waals surface area (Å²) in [5.74, 6) is -1.81. The second kappa shape index (κ2) is 4.90. The smallest absolute Gasteiger partial charge is 0.405 e. The molecule has 1 aromatic heterocycles. The van der Waals surface area contributed by atoms with Gasteiger partial charge in [-0.1, -0.05) is 0 Å². The molecular formula is C7H6BrF3N2O4S. The predicted octanol–water partition coefficient (Wildman–Crippen LogP) is 0.982. The van der Waals surface area contributed by atoms with Crippen LogP contribution in [0.25, 0.3) is 0 Å². The van der Waals surface area contributed by atoms with Crippen LogP contribution in [0.5, 0.6) is 0 Å². The topological polar surface area (TPSA) is 102 Å². The molecule has 6 nitrogen and oxygen atoms in total. The lowest BCUT2D eigenvalue weighted by atomic mass is 10.4. The molecule has 0 atom stereocenters. The average molecular weight is 351 g/mol. The number of carbonyl (C=O) groups is 1. The van der Waals surface area contributed by atoms with Crippen molar-refractivity contribution < 1.29 is 30.8 Å². The van der Waals surface area contributed by atoms with Crippen LogP contribution in [0.1, 0.15) is 10.6 Å². The van der Waals surface area contributed by atoms with E-state index in [1.54, 1.807) is 0 Å². The van der Waals surface area contributed by atoms with Crippen molar-refractivity contribution in [2.75, 3.05) is 6.54 Å².